The topological polar surface area (TPSA) is 60.8 Å². The van der Waals surface area contributed by atoms with Gasteiger partial charge >= 0.3 is 0 Å². The average molecular weight is 336 g/mol. The highest BCUT2D eigenvalue weighted by Gasteiger charge is 2.19. The third kappa shape index (κ3) is 3.47. The van der Waals surface area contributed by atoms with Gasteiger partial charge in [0.05, 0.1) is 23.8 Å². The molecule has 0 N–H and O–H groups in total. The fourth-order valence-electron chi connectivity index (χ4n) is 3.06. The lowest BCUT2D eigenvalue weighted by Crippen LogP contribution is -2.10. The molecule has 3 aromatic rings. The zero-order chi connectivity index (χ0) is 17.1. The Morgan fingerprint density at radius 2 is 1.96 bits per heavy atom. The molecule has 0 aliphatic heterocycles. The third-order valence-electron chi connectivity index (χ3n) is 4.27. The van der Waals surface area contributed by atoms with Gasteiger partial charge in [-0.1, -0.05) is 0 Å². The average Bonchev–Trinajstić information content (AvgIpc) is 2.67. The summed E-state index contributed by atoms with van der Waals surface area (Å²) in [4.78, 5) is 17.3. The Morgan fingerprint density at radius 1 is 1.04 bits per heavy atom. The van der Waals surface area contributed by atoms with E-state index < -0.39 is 0 Å². The molecule has 1 aliphatic carbocycles. The van der Waals surface area contributed by atoms with Crippen molar-refractivity contribution in [2.24, 2.45) is 0 Å². The Bertz CT molecular complexity index is 869. The van der Waals surface area contributed by atoms with Crippen LogP contribution in [-0.2, 0) is 19.4 Å². The highest BCUT2D eigenvalue weighted by Crippen LogP contribution is 2.32. The second-order valence-corrected chi connectivity index (χ2v) is 5.99. The van der Waals surface area contributed by atoms with Crippen molar-refractivity contribution in [1.29, 1.82) is 0 Å². The Balaban J connectivity index is 1.65. The lowest BCUT2D eigenvalue weighted by atomic mass is 9.91. The molecule has 5 nitrogen and oxygen atoms in total. The molecular formula is C19H17FN4O. The van der Waals surface area contributed by atoms with E-state index in [2.05, 4.69) is 19.9 Å². The molecule has 4 rings (SSSR count). The van der Waals surface area contributed by atoms with Crippen LogP contribution in [0.5, 0.6) is 5.88 Å². The maximum atomic E-state index is 13.0. The van der Waals surface area contributed by atoms with Crippen molar-refractivity contribution in [2.75, 3.05) is 0 Å². The molecule has 6 heteroatoms. The number of fused-ring (bicyclic) bond motifs is 1. The Kier molecular flexibility index (Phi) is 4.33. The fraction of sp³-hybridized carbons (Fsp3) is 0.263. The van der Waals surface area contributed by atoms with Crippen molar-refractivity contribution in [1.82, 2.24) is 19.9 Å². The molecule has 126 valence electrons. The summed E-state index contributed by atoms with van der Waals surface area (Å²) in [6, 6.07) is 4.89. The van der Waals surface area contributed by atoms with E-state index in [9.17, 15) is 4.39 Å². The molecule has 25 heavy (non-hydrogen) atoms. The van der Waals surface area contributed by atoms with Gasteiger partial charge in [-0.05, 0) is 43.4 Å². The van der Waals surface area contributed by atoms with Crippen LogP contribution < -0.4 is 4.74 Å². The second kappa shape index (κ2) is 6.93. The van der Waals surface area contributed by atoms with Crippen molar-refractivity contribution in [3.05, 3.63) is 65.8 Å². The van der Waals surface area contributed by atoms with Crippen LogP contribution in [0.2, 0.25) is 0 Å². The number of hydrogen-bond donors (Lipinski definition) is 0. The predicted molar refractivity (Wildman–Crippen MR) is 90.4 cm³/mol. The van der Waals surface area contributed by atoms with Crippen molar-refractivity contribution >= 4 is 0 Å². The van der Waals surface area contributed by atoms with Gasteiger partial charge in [0.25, 0.3) is 0 Å². The first-order chi connectivity index (χ1) is 12.3. The normalized spacial score (nSPS) is 13.3. The monoisotopic (exact) mass is 336 g/mol. The van der Waals surface area contributed by atoms with E-state index in [1.54, 1.807) is 24.7 Å². The number of hydrogen-bond acceptors (Lipinski definition) is 5. The quantitative estimate of drug-likeness (QED) is 0.729. The first-order valence-corrected chi connectivity index (χ1v) is 8.32. The van der Waals surface area contributed by atoms with E-state index >= 15 is 0 Å². The number of aryl methyl sites for hydroxylation is 1. The van der Waals surface area contributed by atoms with Crippen molar-refractivity contribution in [3.63, 3.8) is 0 Å². The van der Waals surface area contributed by atoms with Gasteiger partial charge in [-0.15, -0.1) is 0 Å². The number of aromatic nitrogens is 4. The number of rotatable bonds is 4. The first-order valence-electron chi connectivity index (χ1n) is 8.32. The van der Waals surface area contributed by atoms with Crippen LogP contribution >= 0.6 is 0 Å². The number of halogens is 1. The van der Waals surface area contributed by atoms with Gasteiger partial charge in [0.15, 0.2) is 0 Å². The minimum Gasteiger partial charge on any atom is -0.471 e. The number of nitrogens with zero attached hydrogens (tertiary/aromatic N) is 4. The molecule has 0 atom stereocenters. The van der Waals surface area contributed by atoms with Crippen LogP contribution in [0.15, 0.2) is 43.0 Å². The van der Waals surface area contributed by atoms with Crippen LogP contribution in [0.25, 0.3) is 11.3 Å². The van der Waals surface area contributed by atoms with Crippen LogP contribution in [0, 0.1) is 5.82 Å². The summed E-state index contributed by atoms with van der Waals surface area (Å²) in [5.41, 5.74) is 4.81. The fourth-order valence-corrected chi connectivity index (χ4v) is 3.06. The first kappa shape index (κ1) is 15.6. The summed E-state index contributed by atoms with van der Waals surface area (Å²) >= 11 is 0. The molecule has 0 bridgehead atoms. The van der Waals surface area contributed by atoms with E-state index in [0.717, 1.165) is 42.6 Å². The third-order valence-corrected chi connectivity index (χ3v) is 4.27. The van der Waals surface area contributed by atoms with Gasteiger partial charge in [-0.3, -0.25) is 15.0 Å². The zero-order valence-corrected chi connectivity index (χ0v) is 13.7. The second-order valence-electron chi connectivity index (χ2n) is 5.99. The standard InChI is InChI=1S/C19H17FN4O/c20-13-5-6-14(23-10-13)12-25-19-9-16(18-11-21-7-8-22-18)15-3-1-2-4-17(15)24-19/h5-11H,1-4,12H2. The van der Waals surface area contributed by atoms with Gasteiger partial charge in [0.1, 0.15) is 12.4 Å². The maximum absolute atomic E-state index is 13.0. The molecule has 0 saturated carbocycles. The summed E-state index contributed by atoms with van der Waals surface area (Å²) < 4.78 is 18.8. The van der Waals surface area contributed by atoms with Crippen molar-refractivity contribution < 1.29 is 9.13 Å². The smallest absolute Gasteiger partial charge is 0.214 e. The van der Waals surface area contributed by atoms with Crippen LogP contribution in [0.4, 0.5) is 4.39 Å². The van der Waals surface area contributed by atoms with E-state index in [-0.39, 0.29) is 12.4 Å². The van der Waals surface area contributed by atoms with Crippen molar-refractivity contribution in [3.8, 4) is 17.1 Å². The molecule has 0 radical (unpaired) electrons. The Labute approximate surface area is 145 Å². The summed E-state index contributed by atoms with van der Waals surface area (Å²) in [6.45, 7) is 0.242. The highest BCUT2D eigenvalue weighted by atomic mass is 19.1. The van der Waals surface area contributed by atoms with E-state index in [1.165, 1.54) is 17.8 Å². The molecule has 0 fully saturated rings. The SMILES string of the molecule is Fc1ccc(COc2cc(-c3cnccn3)c3c(n2)CCCC3)nc1. The minimum absolute atomic E-state index is 0.242. The Hall–Kier alpha value is -2.89. The van der Waals surface area contributed by atoms with Gasteiger partial charge in [-0.2, -0.15) is 0 Å². The van der Waals surface area contributed by atoms with E-state index in [1.807, 2.05) is 6.07 Å². The van der Waals surface area contributed by atoms with E-state index in [0.29, 0.717) is 11.6 Å². The van der Waals surface area contributed by atoms with Crippen LogP contribution in [0.3, 0.4) is 0 Å². The molecule has 0 unspecified atom stereocenters. The zero-order valence-electron chi connectivity index (χ0n) is 13.7. The lowest BCUT2D eigenvalue weighted by molar-refractivity contribution is 0.287. The molecular weight excluding hydrogens is 319 g/mol. The summed E-state index contributed by atoms with van der Waals surface area (Å²) in [7, 11) is 0. The Morgan fingerprint density at radius 3 is 2.76 bits per heavy atom. The maximum Gasteiger partial charge on any atom is 0.214 e. The highest BCUT2D eigenvalue weighted by molar-refractivity contribution is 5.65. The molecule has 1 aliphatic rings. The number of pyridine rings is 2. The summed E-state index contributed by atoms with van der Waals surface area (Å²) in [5.74, 6) is 0.174. The molecule has 0 aromatic carbocycles. The molecule has 3 aromatic heterocycles. The molecule has 0 saturated heterocycles. The van der Waals surface area contributed by atoms with Gasteiger partial charge in [0, 0.05) is 29.7 Å². The van der Waals surface area contributed by atoms with Gasteiger partial charge in [0.2, 0.25) is 5.88 Å². The van der Waals surface area contributed by atoms with E-state index in [4.69, 9.17) is 4.74 Å². The lowest BCUT2D eigenvalue weighted by Gasteiger charge is -2.19. The largest absolute Gasteiger partial charge is 0.471 e. The van der Waals surface area contributed by atoms with Gasteiger partial charge < -0.3 is 4.74 Å². The minimum atomic E-state index is -0.361. The van der Waals surface area contributed by atoms with Crippen molar-refractivity contribution in [2.45, 2.75) is 32.3 Å². The van der Waals surface area contributed by atoms with Crippen LogP contribution in [0.1, 0.15) is 29.8 Å². The predicted octanol–water partition coefficient (Wildman–Crippen LogP) is 3.53. The molecule has 0 amide bonds. The van der Waals surface area contributed by atoms with Gasteiger partial charge in [-0.25, -0.2) is 9.37 Å². The summed E-state index contributed by atoms with van der Waals surface area (Å²) in [6.07, 6.45) is 10.5. The molecule has 0 spiro atoms. The summed E-state index contributed by atoms with van der Waals surface area (Å²) in [5, 5.41) is 0. The van der Waals surface area contributed by atoms with Crippen LogP contribution in [-0.4, -0.2) is 19.9 Å². The number of ether oxygens (including phenoxy) is 1. The molecule has 3 heterocycles.